The van der Waals surface area contributed by atoms with E-state index in [1.54, 1.807) is 24.3 Å². The maximum absolute atomic E-state index is 14.7. The van der Waals surface area contributed by atoms with Crippen LogP contribution in [0.15, 0.2) is 102 Å². The maximum atomic E-state index is 14.7. The summed E-state index contributed by atoms with van der Waals surface area (Å²) in [6.45, 7) is -0.113. The van der Waals surface area contributed by atoms with Crippen molar-refractivity contribution in [2.75, 3.05) is 24.1 Å². The molecule has 1 aliphatic heterocycles. The van der Waals surface area contributed by atoms with Crippen molar-refractivity contribution in [3.63, 3.8) is 0 Å². The number of hydrogen-bond donors (Lipinski definition) is 1. The molecule has 1 saturated carbocycles. The first-order chi connectivity index (χ1) is 23.7. The number of anilines is 1. The van der Waals surface area contributed by atoms with Gasteiger partial charge in [-0.05, 0) is 72.5 Å². The second kappa shape index (κ2) is 15.3. The highest BCUT2D eigenvalue weighted by atomic mass is 35.5. The van der Waals surface area contributed by atoms with Gasteiger partial charge in [-0.1, -0.05) is 66.9 Å². The van der Waals surface area contributed by atoms with Crippen LogP contribution < -0.4 is 19.1 Å². The lowest BCUT2D eigenvalue weighted by Gasteiger charge is -2.34. The minimum Gasteiger partial charge on any atom is -0.486 e. The van der Waals surface area contributed by atoms with Crippen LogP contribution >= 0.6 is 11.6 Å². The molecule has 2 amide bonds. The van der Waals surface area contributed by atoms with Crippen LogP contribution in [0.2, 0.25) is 5.02 Å². The van der Waals surface area contributed by atoms with E-state index in [2.05, 4.69) is 5.32 Å². The molecule has 1 atom stereocenters. The molecule has 6 rings (SSSR count). The highest BCUT2D eigenvalue weighted by Crippen LogP contribution is 2.34. The van der Waals surface area contributed by atoms with Gasteiger partial charge in [0, 0.05) is 30.1 Å². The lowest BCUT2D eigenvalue weighted by molar-refractivity contribution is -0.140. The predicted molar refractivity (Wildman–Crippen MR) is 185 cm³/mol. The minimum atomic E-state index is -4.43. The molecule has 0 radical (unpaired) electrons. The van der Waals surface area contributed by atoms with Crippen LogP contribution in [0.3, 0.4) is 0 Å². The van der Waals surface area contributed by atoms with Crippen molar-refractivity contribution in [3.8, 4) is 11.5 Å². The van der Waals surface area contributed by atoms with Crippen molar-refractivity contribution >= 4 is 39.1 Å². The summed E-state index contributed by atoms with van der Waals surface area (Å²) >= 11 is 6.33. The number of carbonyl (C=O) groups excluding carboxylic acids is 2. The molecule has 4 aromatic rings. The number of fused-ring (bicyclic) bond motifs is 1. The van der Waals surface area contributed by atoms with E-state index in [0.29, 0.717) is 22.9 Å². The van der Waals surface area contributed by atoms with Crippen molar-refractivity contribution in [2.45, 2.75) is 55.6 Å². The van der Waals surface area contributed by atoms with Gasteiger partial charge < -0.3 is 19.7 Å². The van der Waals surface area contributed by atoms with Gasteiger partial charge in [-0.15, -0.1) is 0 Å². The number of benzene rings is 4. The summed E-state index contributed by atoms with van der Waals surface area (Å²) in [5.74, 6) is -0.867. The Morgan fingerprint density at radius 1 is 0.857 bits per heavy atom. The minimum absolute atomic E-state index is 0.0137. The first-order valence-electron chi connectivity index (χ1n) is 16.2. The molecule has 0 saturated heterocycles. The SMILES string of the molecule is O=C(NC1CCCC1)C(Cc1ccccc1)N(Cc1cccc(Cl)c1)C(=O)CN(c1ccc(F)cc1)S(=O)(=O)c1ccc2c(c1)OCCO2. The number of nitrogens with one attached hydrogen (secondary N) is 1. The zero-order valence-corrected chi connectivity index (χ0v) is 28.3. The monoisotopic (exact) mass is 705 g/mol. The van der Waals surface area contributed by atoms with Crippen molar-refractivity contribution < 1.29 is 31.9 Å². The van der Waals surface area contributed by atoms with Gasteiger partial charge in [0.15, 0.2) is 11.5 Å². The van der Waals surface area contributed by atoms with Crippen molar-refractivity contribution in [1.82, 2.24) is 10.2 Å². The number of rotatable bonds is 12. The Morgan fingerprint density at radius 3 is 2.27 bits per heavy atom. The normalized spacial score (nSPS) is 15.0. The van der Waals surface area contributed by atoms with Gasteiger partial charge in [0.1, 0.15) is 31.6 Å². The van der Waals surface area contributed by atoms with Crippen molar-refractivity contribution in [3.05, 3.63) is 119 Å². The summed E-state index contributed by atoms with van der Waals surface area (Å²) in [7, 11) is -4.43. The molecule has 0 aromatic heterocycles. The molecule has 0 bridgehead atoms. The largest absolute Gasteiger partial charge is 0.486 e. The molecule has 2 aliphatic rings. The van der Waals surface area contributed by atoms with Gasteiger partial charge in [-0.25, -0.2) is 12.8 Å². The molecule has 1 unspecified atom stereocenters. The molecule has 1 heterocycles. The van der Waals surface area contributed by atoms with E-state index < -0.39 is 34.3 Å². The standard InChI is InChI=1S/C37H37ClFN3O6S/c38-28-10-6-9-27(21-28)24-41(33(22-26-7-2-1-3-8-26)37(44)40-30-11-4-5-12-30)36(43)25-42(31-15-13-29(39)14-16-31)49(45,46)32-17-18-34-35(23-32)48-20-19-47-34/h1-3,6-10,13-18,21,23,30,33H,4-5,11-12,19-20,22,24-25H2,(H,40,44). The Labute approximate surface area is 290 Å². The van der Waals surface area contributed by atoms with E-state index in [4.69, 9.17) is 21.1 Å². The van der Waals surface area contributed by atoms with E-state index >= 15 is 0 Å². The van der Waals surface area contributed by atoms with Crippen molar-refractivity contribution in [1.29, 1.82) is 0 Å². The third-order valence-corrected chi connectivity index (χ3v) is 10.7. The van der Waals surface area contributed by atoms with E-state index in [-0.39, 0.29) is 47.9 Å². The van der Waals surface area contributed by atoms with E-state index in [1.165, 1.54) is 35.2 Å². The quantitative estimate of drug-likeness (QED) is 0.190. The summed E-state index contributed by atoms with van der Waals surface area (Å²) in [4.78, 5) is 30.1. The number of ether oxygens (including phenoxy) is 2. The number of sulfonamides is 1. The van der Waals surface area contributed by atoms with Crippen LogP contribution in [0.1, 0.15) is 36.8 Å². The highest BCUT2D eigenvalue weighted by molar-refractivity contribution is 7.92. The Bertz CT molecular complexity index is 1890. The Balaban J connectivity index is 1.40. The van der Waals surface area contributed by atoms with Gasteiger partial charge >= 0.3 is 0 Å². The average Bonchev–Trinajstić information content (AvgIpc) is 3.62. The molecule has 1 aliphatic carbocycles. The van der Waals surface area contributed by atoms with Gasteiger partial charge in [-0.2, -0.15) is 0 Å². The topological polar surface area (TPSA) is 105 Å². The zero-order chi connectivity index (χ0) is 34.4. The van der Waals surface area contributed by atoms with Crippen LogP contribution in [-0.4, -0.2) is 57.0 Å². The van der Waals surface area contributed by atoms with Crippen LogP contribution in [0.25, 0.3) is 0 Å². The second-order valence-electron chi connectivity index (χ2n) is 12.1. The fourth-order valence-corrected chi connectivity index (χ4v) is 7.84. The fraction of sp³-hybridized carbons (Fsp3) is 0.297. The second-order valence-corrected chi connectivity index (χ2v) is 14.4. The number of halogens is 2. The zero-order valence-electron chi connectivity index (χ0n) is 26.8. The molecular weight excluding hydrogens is 669 g/mol. The summed E-state index contributed by atoms with van der Waals surface area (Å²) in [5, 5.41) is 3.60. The third-order valence-electron chi connectivity index (χ3n) is 8.71. The predicted octanol–water partition coefficient (Wildman–Crippen LogP) is 6.14. The van der Waals surface area contributed by atoms with Crippen LogP contribution in [-0.2, 0) is 32.6 Å². The van der Waals surface area contributed by atoms with Crippen LogP contribution in [0.5, 0.6) is 11.5 Å². The molecule has 4 aromatic carbocycles. The molecule has 9 nitrogen and oxygen atoms in total. The summed E-state index contributed by atoms with van der Waals surface area (Å²) in [6.07, 6.45) is 3.89. The average molecular weight is 706 g/mol. The van der Waals surface area contributed by atoms with Crippen LogP contribution in [0.4, 0.5) is 10.1 Å². The third kappa shape index (κ3) is 8.34. The maximum Gasteiger partial charge on any atom is 0.264 e. The Kier molecular flexibility index (Phi) is 10.7. The first kappa shape index (κ1) is 34.3. The molecule has 1 fully saturated rings. The Morgan fingerprint density at radius 2 is 1.55 bits per heavy atom. The summed E-state index contributed by atoms with van der Waals surface area (Å²) in [5.41, 5.74) is 1.57. The lowest BCUT2D eigenvalue weighted by atomic mass is 10.0. The molecule has 256 valence electrons. The number of amides is 2. The highest BCUT2D eigenvalue weighted by Gasteiger charge is 2.36. The van der Waals surface area contributed by atoms with E-state index in [9.17, 15) is 22.4 Å². The first-order valence-corrected chi connectivity index (χ1v) is 18.1. The molecule has 0 spiro atoms. The van der Waals surface area contributed by atoms with Gasteiger partial charge in [0.05, 0.1) is 10.6 Å². The number of hydrogen-bond acceptors (Lipinski definition) is 6. The summed E-state index contributed by atoms with van der Waals surface area (Å²) in [6, 6.07) is 24.4. The van der Waals surface area contributed by atoms with Gasteiger partial charge in [-0.3, -0.25) is 13.9 Å². The molecular formula is C37H37ClFN3O6S. The van der Waals surface area contributed by atoms with Crippen LogP contribution in [0, 0.1) is 5.82 Å². The van der Waals surface area contributed by atoms with Gasteiger partial charge in [0.2, 0.25) is 11.8 Å². The molecule has 12 heteroatoms. The number of nitrogens with zero attached hydrogens (tertiary/aromatic N) is 2. The Hall–Kier alpha value is -4.61. The molecule has 49 heavy (non-hydrogen) atoms. The fourth-order valence-electron chi connectivity index (χ4n) is 6.20. The number of carbonyl (C=O) groups is 2. The van der Waals surface area contributed by atoms with Crippen molar-refractivity contribution in [2.24, 2.45) is 0 Å². The lowest BCUT2D eigenvalue weighted by Crippen LogP contribution is -2.54. The molecule has 1 N–H and O–H groups in total. The van der Waals surface area contributed by atoms with E-state index in [0.717, 1.165) is 47.7 Å². The van der Waals surface area contributed by atoms with E-state index in [1.807, 2.05) is 30.3 Å². The smallest absolute Gasteiger partial charge is 0.264 e. The summed E-state index contributed by atoms with van der Waals surface area (Å²) < 4.78 is 54.9. The van der Waals surface area contributed by atoms with Gasteiger partial charge in [0.25, 0.3) is 10.0 Å².